The van der Waals surface area contributed by atoms with E-state index >= 15 is 0 Å². The van der Waals surface area contributed by atoms with Crippen LogP contribution in [0.1, 0.15) is 335 Å². The molecular formula is C57H115NO4. The van der Waals surface area contributed by atoms with Crippen LogP contribution in [0.3, 0.4) is 0 Å². The van der Waals surface area contributed by atoms with Crippen molar-refractivity contribution in [3.63, 3.8) is 0 Å². The van der Waals surface area contributed by atoms with Crippen molar-refractivity contribution in [3.8, 4) is 0 Å². The fourth-order valence-electron chi connectivity index (χ4n) is 9.52. The van der Waals surface area contributed by atoms with Crippen LogP contribution in [0.4, 0.5) is 0 Å². The van der Waals surface area contributed by atoms with Gasteiger partial charge >= 0.3 is 0 Å². The van der Waals surface area contributed by atoms with Gasteiger partial charge in [-0.05, 0) is 12.8 Å². The summed E-state index contributed by atoms with van der Waals surface area (Å²) in [5, 5.41) is 33.6. The molecule has 0 bridgehead atoms. The number of amides is 1. The van der Waals surface area contributed by atoms with Crippen LogP contribution in [0.25, 0.3) is 0 Å². The topological polar surface area (TPSA) is 89.8 Å². The Balaban J connectivity index is 3.37. The maximum atomic E-state index is 12.5. The molecule has 372 valence electrons. The van der Waals surface area contributed by atoms with Crippen molar-refractivity contribution < 1.29 is 20.1 Å². The van der Waals surface area contributed by atoms with E-state index in [0.29, 0.717) is 12.8 Å². The van der Waals surface area contributed by atoms with Crippen LogP contribution in [0.5, 0.6) is 0 Å². The third-order valence-electron chi connectivity index (χ3n) is 14.0. The second-order valence-electron chi connectivity index (χ2n) is 20.2. The highest BCUT2D eigenvalue weighted by Crippen LogP contribution is 2.19. The lowest BCUT2D eigenvalue weighted by Crippen LogP contribution is -2.50. The van der Waals surface area contributed by atoms with Crippen molar-refractivity contribution in [2.45, 2.75) is 353 Å². The van der Waals surface area contributed by atoms with Gasteiger partial charge in [-0.2, -0.15) is 0 Å². The molecule has 4 N–H and O–H groups in total. The second-order valence-corrected chi connectivity index (χ2v) is 20.2. The highest BCUT2D eigenvalue weighted by atomic mass is 16.3. The molecule has 1 amide bonds. The quantitative estimate of drug-likeness (QED) is 0.0458. The molecule has 0 radical (unpaired) electrons. The number of hydrogen-bond acceptors (Lipinski definition) is 4. The van der Waals surface area contributed by atoms with E-state index in [0.717, 1.165) is 38.5 Å². The van der Waals surface area contributed by atoms with Crippen LogP contribution in [0.15, 0.2) is 0 Å². The number of hydrogen-bond donors (Lipinski definition) is 4. The minimum absolute atomic E-state index is 0.138. The van der Waals surface area contributed by atoms with E-state index in [1.165, 1.54) is 270 Å². The number of carbonyl (C=O) groups excluding carboxylic acids is 1. The van der Waals surface area contributed by atoms with Gasteiger partial charge < -0.3 is 20.6 Å². The standard InChI is InChI=1S/C57H115NO4/c1-3-5-7-9-11-13-15-16-17-18-19-20-21-22-23-24-25-26-27-28-29-30-31-32-33-34-35-36-37-38-39-40-42-44-46-48-50-52-56(61)58-54(53-59)57(62)55(60)51-49-47-45-43-41-14-12-10-8-6-4-2/h54-55,57,59-60,62H,3-53H2,1-2H3,(H,58,61). The smallest absolute Gasteiger partial charge is 0.220 e. The number of unbranched alkanes of at least 4 members (excludes halogenated alkanes) is 46. The summed E-state index contributed by atoms with van der Waals surface area (Å²) in [6.45, 7) is 4.20. The van der Waals surface area contributed by atoms with Crippen molar-refractivity contribution >= 4 is 5.91 Å². The molecule has 62 heavy (non-hydrogen) atoms. The summed E-state index contributed by atoms with van der Waals surface area (Å²) in [5.41, 5.74) is 0. The molecule has 0 saturated heterocycles. The molecule has 0 rings (SSSR count). The van der Waals surface area contributed by atoms with Crippen LogP contribution in [-0.4, -0.2) is 46.1 Å². The summed E-state index contributed by atoms with van der Waals surface area (Å²) >= 11 is 0. The Hall–Kier alpha value is -0.650. The maximum Gasteiger partial charge on any atom is 0.220 e. The Bertz CT molecular complexity index is 838. The summed E-state index contributed by atoms with van der Waals surface area (Å²) in [6.07, 6.45) is 64.4. The molecule has 5 nitrogen and oxygen atoms in total. The summed E-state index contributed by atoms with van der Waals surface area (Å²) in [7, 11) is 0. The largest absolute Gasteiger partial charge is 0.394 e. The van der Waals surface area contributed by atoms with Gasteiger partial charge in [-0.15, -0.1) is 0 Å². The first-order chi connectivity index (χ1) is 30.6. The zero-order valence-corrected chi connectivity index (χ0v) is 42.5. The monoisotopic (exact) mass is 878 g/mol. The van der Waals surface area contributed by atoms with E-state index in [2.05, 4.69) is 19.2 Å². The fraction of sp³-hybridized carbons (Fsp3) is 0.982. The van der Waals surface area contributed by atoms with Crippen molar-refractivity contribution in [2.75, 3.05) is 6.61 Å². The summed E-state index contributed by atoms with van der Waals surface area (Å²) in [6, 6.07) is -0.803. The van der Waals surface area contributed by atoms with Gasteiger partial charge in [-0.3, -0.25) is 4.79 Å². The molecular weight excluding hydrogens is 763 g/mol. The zero-order valence-electron chi connectivity index (χ0n) is 42.5. The number of carbonyl (C=O) groups is 1. The van der Waals surface area contributed by atoms with E-state index in [9.17, 15) is 20.1 Å². The molecule has 5 heteroatoms. The average molecular weight is 879 g/mol. The summed E-state index contributed by atoms with van der Waals surface area (Å²) in [5.74, 6) is -0.138. The van der Waals surface area contributed by atoms with Gasteiger partial charge in [0.2, 0.25) is 5.91 Å². The Labute approximate surface area is 389 Å². The molecule has 0 aliphatic rings. The second kappa shape index (κ2) is 53.0. The van der Waals surface area contributed by atoms with Gasteiger partial charge in [-0.1, -0.05) is 316 Å². The number of rotatable bonds is 54. The van der Waals surface area contributed by atoms with E-state index in [1.54, 1.807) is 0 Å². The lowest BCUT2D eigenvalue weighted by Gasteiger charge is -2.26. The molecule has 0 aliphatic carbocycles. The fourth-order valence-corrected chi connectivity index (χ4v) is 9.52. The molecule has 0 aromatic carbocycles. The molecule has 0 saturated carbocycles. The van der Waals surface area contributed by atoms with Crippen molar-refractivity contribution in [1.82, 2.24) is 5.32 Å². The lowest BCUT2D eigenvalue weighted by molar-refractivity contribution is -0.124. The van der Waals surface area contributed by atoms with Gasteiger partial charge in [0, 0.05) is 6.42 Å². The molecule has 0 aromatic heterocycles. The van der Waals surface area contributed by atoms with Crippen LogP contribution in [0, 0.1) is 0 Å². The number of nitrogens with one attached hydrogen (secondary N) is 1. The van der Waals surface area contributed by atoms with Gasteiger partial charge in [0.25, 0.3) is 0 Å². The third kappa shape index (κ3) is 47.3. The van der Waals surface area contributed by atoms with Gasteiger partial charge in [0.15, 0.2) is 0 Å². The first-order valence-electron chi connectivity index (χ1n) is 28.8. The molecule has 0 heterocycles. The predicted octanol–water partition coefficient (Wildman–Crippen LogP) is 17.7. The van der Waals surface area contributed by atoms with Crippen LogP contribution < -0.4 is 5.32 Å². The molecule has 0 aliphatic heterocycles. The van der Waals surface area contributed by atoms with Crippen LogP contribution in [-0.2, 0) is 4.79 Å². The Morgan fingerprint density at radius 2 is 0.548 bits per heavy atom. The van der Waals surface area contributed by atoms with Gasteiger partial charge in [0.05, 0.1) is 18.8 Å². The number of aliphatic hydroxyl groups is 3. The molecule has 0 aromatic rings. The third-order valence-corrected chi connectivity index (χ3v) is 14.0. The van der Waals surface area contributed by atoms with Crippen LogP contribution >= 0.6 is 0 Å². The van der Waals surface area contributed by atoms with Crippen molar-refractivity contribution in [3.05, 3.63) is 0 Å². The minimum Gasteiger partial charge on any atom is -0.394 e. The Kier molecular flexibility index (Phi) is 52.4. The van der Waals surface area contributed by atoms with E-state index in [1.807, 2.05) is 0 Å². The summed E-state index contributed by atoms with van der Waals surface area (Å²) in [4.78, 5) is 12.5. The Morgan fingerprint density at radius 1 is 0.339 bits per heavy atom. The normalized spacial score (nSPS) is 13.2. The lowest BCUT2D eigenvalue weighted by atomic mass is 9.99. The highest BCUT2D eigenvalue weighted by molar-refractivity contribution is 5.76. The zero-order chi connectivity index (χ0) is 45.1. The predicted molar refractivity (Wildman–Crippen MR) is 273 cm³/mol. The highest BCUT2D eigenvalue weighted by Gasteiger charge is 2.26. The molecule has 0 spiro atoms. The first-order valence-corrected chi connectivity index (χ1v) is 28.8. The van der Waals surface area contributed by atoms with E-state index in [4.69, 9.17) is 0 Å². The average Bonchev–Trinajstić information content (AvgIpc) is 3.28. The summed E-state index contributed by atoms with van der Waals surface area (Å²) < 4.78 is 0. The van der Waals surface area contributed by atoms with Crippen molar-refractivity contribution in [1.29, 1.82) is 0 Å². The van der Waals surface area contributed by atoms with E-state index in [-0.39, 0.29) is 12.5 Å². The molecule has 3 unspecified atom stereocenters. The van der Waals surface area contributed by atoms with Gasteiger partial charge in [-0.25, -0.2) is 0 Å². The SMILES string of the molecule is CCCCCCCCCCCCCCCCCCCCCCCCCCCCCCCCCCCCCCCC(=O)NC(CO)C(O)C(O)CCCCCCCCCCCCC. The molecule has 0 fully saturated rings. The van der Waals surface area contributed by atoms with Crippen molar-refractivity contribution in [2.24, 2.45) is 0 Å². The maximum absolute atomic E-state index is 12.5. The first kappa shape index (κ1) is 61.4. The van der Waals surface area contributed by atoms with E-state index < -0.39 is 18.2 Å². The number of aliphatic hydroxyl groups excluding tert-OH is 3. The Morgan fingerprint density at radius 3 is 0.774 bits per heavy atom. The van der Waals surface area contributed by atoms with Crippen LogP contribution in [0.2, 0.25) is 0 Å². The minimum atomic E-state index is -1.13. The van der Waals surface area contributed by atoms with Gasteiger partial charge in [0.1, 0.15) is 6.10 Å². The molecule has 3 atom stereocenters.